The molecule has 0 saturated heterocycles. The summed E-state index contributed by atoms with van der Waals surface area (Å²) < 4.78 is 12.2. The molecule has 0 atom stereocenters. The minimum atomic E-state index is -0.802. The lowest BCUT2D eigenvalue weighted by molar-refractivity contribution is -0.124. The molecule has 0 saturated carbocycles. The van der Waals surface area contributed by atoms with Gasteiger partial charge in [-0.15, -0.1) is 0 Å². The Labute approximate surface area is 166 Å². The molecule has 1 aromatic carbocycles. The van der Waals surface area contributed by atoms with Crippen LogP contribution in [0.15, 0.2) is 53.2 Å². The smallest absolute Gasteiger partial charge is 0.343 e. The fraction of sp³-hybridized carbons (Fsp3) is 0.150. The van der Waals surface area contributed by atoms with E-state index in [1.807, 2.05) is 6.07 Å². The molecule has 2 aromatic heterocycles. The van der Waals surface area contributed by atoms with E-state index in [1.165, 1.54) is 0 Å². The summed E-state index contributed by atoms with van der Waals surface area (Å²) in [5.41, 5.74) is 0.804. The number of benzene rings is 1. The predicted octanol–water partition coefficient (Wildman–Crippen LogP) is 3.38. The summed E-state index contributed by atoms with van der Waals surface area (Å²) in [4.78, 5) is 24.4. The number of aryl methyl sites for hydroxylation is 1. The van der Waals surface area contributed by atoms with Crippen molar-refractivity contribution in [2.75, 3.05) is 6.61 Å². The van der Waals surface area contributed by atoms with E-state index in [9.17, 15) is 14.9 Å². The van der Waals surface area contributed by atoms with Gasteiger partial charge in [0.25, 0.3) is 5.91 Å². The number of nitrogens with one attached hydrogen (secondary N) is 1. The first kappa shape index (κ1) is 19.3. The molecular formula is C20H16ClN3O4. The molecule has 142 valence electrons. The van der Waals surface area contributed by atoms with Crippen molar-refractivity contribution in [3.8, 4) is 12.0 Å². The number of carbonyl (C=O) groups excluding carboxylic acids is 2. The third kappa shape index (κ3) is 4.08. The van der Waals surface area contributed by atoms with Crippen LogP contribution in [0, 0.1) is 18.3 Å². The lowest BCUT2D eigenvalue weighted by Crippen LogP contribution is -2.28. The van der Waals surface area contributed by atoms with Gasteiger partial charge >= 0.3 is 5.97 Å². The number of hydrogen-bond acceptors (Lipinski definition) is 5. The van der Waals surface area contributed by atoms with Gasteiger partial charge in [0, 0.05) is 24.0 Å². The lowest BCUT2D eigenvalue weighted by Gasteiger charge is -2.07. The Morgan fingerprint density at radius 2 is 1.96 bits per heavy atom. The SMILES string of the molecule is Cc1oc(-n2cccc2)c(C#N)c1C(=O)OCC(=O)NCc1ccccc1Cl. The Hall–Kier alpha value is -3.50. The fourth-order valence-corrected chi connectivity index (χ4v) is 2.82. The molecule has 0 spiro atoms. The van der Waals surface area contributed by atoms with Crippen LogP contribution in [0.1, 0.15) is 27.2 Å². The third-order valence-corrected chi connectivity index (χ3v) is 4.36. The van der Waals surface area contributed by atoms with Crippen molar-refractivity contribution < 1.29 is 18.7 Å². The maximum atomic E-state index is 12.4. The Morgan fingerprint density at radius 1 is 1.25 bits per heavy atom. The van der Waals surface area contributed by atoms with Crippen LogP contribution in [0.4, 0.5) is 0 Å². The van der Waals surface area contributed by atoms with Gasteiger partial charge < -0.3 is 14.5 Å². The summed E-state index contributed by atoms with van der Waals surface area (Å²) in [6.45, 7) is 1.28. The van der Waals surface area contributed by atoms with Crippen LogP contribution in [0.5, 0.6) is 0 Å². The van der Waals surface area contributed by atoms with Crippen molar-refractivity contribution in [3.63, 3.8) is 0 Å². The molecule has 3 aromatic rings. The van der Waals surface area contributed by atoms with Gasteiger partial charge in [-0.3, -0.25) is 9.36 Å². The number of amides is 1. The highest BCUT2D eigenvalue weighted by molar-refractivity contribution is 6.31. The molecule has 1 N–H and O–H groups in total. The second kappa shape index (κ2) is 8.46. The first-order valence-corrected chi connectivity index (χ1v) is 8.73. The number of rotatable bonds is 6. The molecule has 3 rings (SSSR count). The molecule has 7 nitrogen and oxygen atoms in total. The summed E-state index contributed by atoms with van der Waals surface area (Å²) in [5, 5.41) is 12.6. The molecule has 28 heavy (non-hydrogen) atoms. The number of carbonyl (C=O) groups is 2. The summed E-state index contributed by atoms with van der Waals surface area (Å²) in [6, 6.07) is 12.6. The van der Waals surface area contributed by atoms with Crippen molar-refractivity contribution in [1.82, 2.24) is 9.88 Å². The van der Waals surface area contributed by atoms with Crippen LogP contribution in [0.2, 0.25) is 5.02 Å². The second-order valence-corrected chi connectivity index (χ2v) is 6.27. The van der Waals surface area contributed by atoms with Crippen LogP contribution in [0.25, 0.3) is 5.88 Å². The van der Waals surface area contributed by atoms with Crippen LogP contribution in [0.3, 0.4) is 0 Å². The fourth-order valence-electron chi connectivity index (χ4n) is 2.62. The molecule has 0 aliphatic rings. The first-order valence-electron chi connectivity index (χ1n) is 8.35. The van der Waals surface area contributed by atoms with Crippen LogP contribution < -0.4 is 5.32 Å². The Balaban J connectivity index is 1.64. The maximum Gasteiger partial charge on any atom is 0.343 e. The van der Waals surface area contributed by atoms with Gasteiger partial charge in [0.1, 0.15) is 23.0 Å². The maximum absolute atomic E-state index is 12.4. The Kier molecular flexibility index (Phi) is 5.82. The monoisotopic (exact) mass is 397 g/mol. The van der Waals surface area contributed by atoms with Crippen molar-refractivity contribution in [2.45, 2.75) is 13.5 Å². The van der Waals surface area contributed by atoms with E-state index >= 15 is 0 Å². The van der Waals surface area contributed by atoms with Crippen molar-refractivity contribution in [2.24, 2.45) is 0 Å². The Morgan fingerprint density at radius 3 is 2.64 bits per heavy atom. The normalized spacial score (nSPS) is 10.3. The molecule has 0 aliphatic carbocycles. The van der Waals surface area contributed by atoms with Crippen LogP contribution in [-0.4, -0.2) is 23.1 Å². The van der Waals surface area contributed by atoms with Crippen molar-refractivity contribution in [1.29, 1.82) is 5.26 Å². The average molecular weight is 398 g/mol. The molecule has 0 bridgehead atoms. The number of aromatic nitrogens is 1. The summed E-state index contributed by atoms with van der Waals surface area (Å²) in [7, 11) is 0. The highest BCUT2D eigenvalue weighted by Gasteiger charge is 2.26. The van der Waals surface area contributed by atoms with Crippen molar-refractivity contribution >= 4 is 23.5 Å². The van der Waals surface area contributed by atoms with Crippen molar-refractivity contribution in [3.05, 3.63) is 76.3 Å². The van der Waals surface area contributed by atoms with E-state index in [4.69, 9.17) is 20.8 Å². The Bertz CT molecular complexity index is 1050. The largest absolute Gasteiger partial charge is 0.452 e. The van der Waals surface area contributed by atoms with E-state index in [0.717, 1.165) is 5.56 Å². The predicted molar refractivity (Wildman–Crippen MR) is 101 cm³/mol. The van der Waals surface area contributed by atoms with Gasteiger partial charge in [-0.1, -0.05) is 29.8 Å². The van der Waals surface area contributed by atoms with E-state index < -0.39 is 18.5 Å². The lowest BCUT2D eigenvalue weighted by atomic mass is 10.1. The number of hydrogen-bond donors (Lipinski definition) is 1. The van der Waals surface area contributed by atoms with E-state index in [1.54, 1.807) is 60.3 Å². The van der Waals surface area contributed by atoms with Gasteiger partial charge in [-0.05, 0) is 30.7 Å². The van der Waals surface area contributed by atoms with Gasteiger partial charge in [0.15, 0.2) is 6.61 Å². The minimum absolute atomic E-state index is 0.00473. The quantitative estimate of drug-likeness (QED) is 0.643. The zero-order chi connectivity index (χ0) is 20.1. The molecule has 0 unspecified atom stereocenters. The average Bonchev–Trinajstić information content (AvgIpc) is 3.32. The first-order chi connectivity index (χ1) is 13.5. The van der Waals surface area contributed by atoms with E-state index in [0.29, 0.717) is 5.02 Å². The molecule has 8 heteroatoms. The van der Waals surface area contributed by atoms with E-state index in [2.05, 4.69) is 5.32 Å². The van der Waals surface area contributed by atoms with Crippen LogP contribution in [-0.2, 0) is 16.1 Å². The molecular weight excluding hydrogens is 382 g/mol. The second-order valence-electron chi connectivity index (χ2n) is 5.86. The van der Waals surface area contributed by atoms with Gasteiger partial charge in [-0.25, -0.2) is 4.79 Å². The molecule has 2 heterocycles. The molecule has 0 fully saturated rings. The molecule has 0 aliphatic heterocycles. The summed E-state index contributed by atoms with van der Waals surface area (Å²) in [5.74, 6) is -0.829. The summed E-state index contributed by atoms with van der Waals surface area (Å²) in [6.07, 6.45) is 3.38. The number of halogens is 1. The number of ether oxygens (including phenoxy) is 1. The molecule has 0 radical (unpaired) electrons. The van der Waals surface area contributed by atoms with E-state index in [-0.39, 0.29) is 29.3 Å². The summed E-state index contributed by atoms with van der Waals surface area (Å²) >= 11 is 6.03. The van der Waals surface area contributed by atoms with Gasteiger partial charge in [0.05, 0.1) is 0 Å². The topological polar surface area (TPSA) is 97.3 Å². The number of furan rings is 1. The highest BCUT2D eigenvalue weighted by Crippen LogP contribution is 2.26. The molecule has 1 amide bonds. The highest BCUT2D eigenvalue weighted by atomic mass is 35.5. The zero-order valence-corrected chi connectivity index (χ0v) is 15.7. The minimum Gasteiger partial charge on any atom is -0.452 e. The number of esters is 1. The van der Waals surface area contributed by atoms with Gasteiger partial charge in [0.2, 0.25) is 5.88 Å². The van der Waals surface area contributed by atoms with Gasteiger partial charge in [-0.2, -0.15) is 5.26 Å². The third-order valence-electron chi connectivity index (χ3n) is 3.99. The standard InChI is InChI=1S/C20H16ClN3O4/c1-13-18(15(10-22)19(28-13)24-8-4-5-9-24)20(26)27-12-17(25)23-11-14-6-2-3-7-16(14)21/h2-9H,11-12H2,1H3,(H,23,25). The number of nitriles is 1. The van der Waals surface area contributed by atoms with Crippen LogP contribution >= 0.6 is 11.6 Å². The zero-order valence-electron chi connectivity index (χ0n) is 14.9. The number of nitrogens with zero attached hydrogens (tertiary/aromatic N) is 2.